The normalized spacial score (nSPS) is 10.4. The van der Waals surface area contributed by atoms with Crippen LogP contribution >= 0.6 is 0 Å². The van der Waals surface area contributed by atoms with E-state index in [9.17, 15) is 9.59 Å². The molecule has 0 aromatic carbocycles. The van der Waals surface area contributed by atoms with Gasteiger partial charge >= 0.3 is 5.97 Å². The molecular formula is C11H15NO3. The molecule has 1 aromatic rings. The first-order valence-corrected chi connectivity index (χ1v) is 4.95. The van der Waals surface area contributed by atoms with Gasteiger partial charge in [0.05, 0.1) is 17.9 Å². The quantitative estimate of drug-likeness (QED) is 0.610. The molecule has 0 amide bonds. The van der Waals surface area contributed by atoms with E-state index in [-0.39, 0.29) is 11.9 Å². The minimum absolute atomic E-state index is 0.151. The van der Waals surface area contributed by atoms with Crippen LogP contribution in [0.4, 0.5) is 0 Å². The minimum atomic E-state index is -0.384. The molecule has 0 aliphatic rings. The van der Waals surface area contributed by atoms with Crippen LogP contribution in [0.15, 0.2) is 6.07 Å². The zero-order valence-electron chi connectivity index (χ0n) is 9.16. The third-order valence-electron chi connectivity index (χ3n) is 2.07. The zero-order chi connectivity index (χ0) is 11.4. The van der Waals surface area contributed by atoms with Crippen LogP contribution in [0.2, 0.25) is 0 Å². The molecule has 1 aromatic heterocycles. The summed E-state index contributed by atoms with van der Waals surface area (Å²) in [5.41, 5.74) is 1.60. The lowest BCUT2D eigenvalue weighted by Crippen LogP contribution is -2.07. The van der Waals surface area contributed by atoms with Crippen LogP contribution in [0, 0.1) is 0 Å². The molecule has 0 aliphatic carbocycles. The van der Waals surface area contributed by atoms with Crippen LogP contribution in [0.25, 0.3) is 0 Å². The fraction of sp³-hybridized carbons (Fsp3) is 0.455. The maximum Gasteiger partial charge on any atom is 0.339 e. The van der Waals surface area contributed by atoms with E-state index in [1.54, 1.807) is 6.92 Å². The first kappa shape index (κ1) is 11.5. The Kier molecular flexibility index (Phi) is 3.66. The van der Waals surface area contributed by atoms with Gasteiger partial charge in [-0.1, -0.05) is 13.8 Å². The Morgan fingerprint density at radius 2 is 2.27 bits per heavy atom. The second kappa shape index (κ2) is 4.77. The van der Waals surface area contributed by atoms with Crippen molar-refractivity contribution in [1.29, 1.82) is 0 Å². The topological polar surface area (TPSA) is 59.2 Å². The van der Waals surface area contributed by atoms with Crippen molar-refractivity contribution in [2.75, 3.05) is 6.61 Å². The molecule has 0 spiro atoms. The molecule has 0 atom stereocenters. The van der Waals surface area contributed by atoms with Gasteiger partial charge in [0.15, 0.2) is 6.29 Å². The average Bonchev–Trinajstić information content (AvgIpc) is 2.61. The highest BCUT2D eigenvalue weighted by Gasteiger charge is 2.18. The van der Waals surface area contributed by atoms with E-state index in [0.29, 0.717) is 24.2 Å². The number of H-pyrrole nitrogens is 1. The SMILES string of the molecule is CCOC(=O)c1cc(C=O)[nH]c1C(C)C. The first-order valence-electron chi connectivity index (χ1n) is 4.95. The highest BCUT2D eigenvalue weighted by Crippen LogP contribution is 2.20. The van der Waals surface area contributed by atoms with Crippen LogP contribution < -0.4 is 0 Å². The van der Waals surface area contributed by atoms with Crippen LogP contribution in [0.5, 0.6) is 0 Å². The summed E-state index contributed by atoms with van der Waals surface area (Å²) in [6, 6.07) is 1.53. The van der Waals surface area contributed by atoms with Crippen molar-refractivity contribution < 1.29 is 14.3 Å². The molecule has 0 radical (unpaired) electrons. The lowest BCUT2D eigenvalue weighted by molar-refractivity contribution is 0.0525. The summed E-state index contributed by atoms with van der Waals surface area (Å²) in [4.78, 5) is 25.0. The van der Waals surface area contributed by atoms with Crippen molar-refractivity contribution in [2.45, 2.75) is 26.7 Å². The van der Waals surface area contributed by atoms with Crippen LogP contribution in [0.1, 0.15) is 53.2 Å². The van der Waals surface area contributed by atoms with Crippen LogP contribution in [-0.2, 0) is 4.74 Å². The zero-order valence-corrected chi connectivity index (χ0v) is 9.16. The number of aromatic nitrogens is 1. The maximum atomic E-state index is 11.5. The van der Waals surface area contributed by atoms with Crippen molar-refractivity contribution >= 4 is 12.3 Å². The predicted molar refractivity (Wildman–Crippen MR) is 56.2 cm³/mol. The number of esters is 1. The van der Waals surface area contributed by atoms with Gasteiger partial charge < -0.3 is 9.72 Å². The number of hydrogen-bond donors (Lipinski definition) is 1. The number of ether oxygens (including phenoxy) is 1. The van der Waals surface area contributed by atoms with Gasteiger partial charge in [-0.15, -0.1) is 0 Å². The summed E-state index contributed by atoms with van der Waals surface area (Å²) in [6.07, 6.45) is 0.689. The number of aldehydes is 1. The maximum absolute atomic E-state index is 11.5. The summed E-state index contributed by atoms with van der Waals surface area (Å²) < 4.78 is 4.90. The van der Waals surface area contributed by atoms with Gasteiger partial charge in [0.2, 0.25) is 0 Å². The number of carbonyl (C=O) groups is 2. The van der Waals surface area contributed by atoms with Crippen molar-refractivity contribution in [1.82, 2.24) is 4.98 Å². The van der Waals surface area contributed by atoms with E-state index in [1.165, 1.54) is 6.07 Å². The molecular weight excluding hydrogens is 194 g/mol. The smallest absolute Gasteiger partial charge is 0.339 e. The Labute approximate surface area is 88.6 Å². The molecule has 1 N–H and O–H groups in total. The number of aromatic amines is 1. The number of hydrogen-bond acceptors (Lipinski definition) is 3. The molecule has 1 heterocycles. The summed E-state index contributed by atoms with van der Waals surface area (Å²) in [5, 5.41) is 0. The third-order valence-corrected chi connectivity index (χ3v) is 2.07. The van der Waals surface area contributed by atoms with Crippen molar-refractivity contribution in [3.63, 3.8) is 0 Å². The van der Waals surface area contributed by atoms with Crippen molar-refractivity contribution in [3.8, 4) is 0 Å². The van der Waals surface area contributed by atoms with Crippen LogP contribution in [-0.4, -0.2) is 23.8 Å². The Balaban J connectivity index is 3.08. The van der Waals surface area contributed by atoms with E-state index in [0.717, 1.165) is 5.69 Å². The molecule has 0 saturated carbocycles. The summed E-state index contributed by atoms with van der Waals surface area (Å²) >= 11 is 0. The summed E-state index contributed by atoms with van der Waals surface area (Å²) in [5.74, 6) is -0.233. The fourth-order valence-electron chi connectivity index (χ4n) is 1.39. The van der Waals surface area contributed by atoms with Gasteiger partial charge in [-0.05, 0) is 18.9 Å². The molecule has 82 valence electrons. The lowest BCUT2D eigenvalue weighted by Gasteiger charge is -2.06. The van der Waals surface area contributed by atoms with E-state index in [2.05, 4.69) is 4.98 Å². The molecule has 15 heavy (non-hydrogen) atoms. The van der Waals surface area contributed by atoms with E-state index in [4.69, 9.17) is 4.74 Å². The minimum Gasteiger partial charge on any atom is -0.462 e. The molecule has 1 rings (SSSR count). The molecule has 0 saturated heterocycles. The van der Waals surface area contributed by atoms with E-state index < -0.39 is 0 Å². The molecule has 0 bridgehead atoms. The average molecular weight is 209 g/mol. The monoisotopic (exact) mass is 209 g/mol. The largest absolute Gasteiger partial charge is 0.462 e. The Morgan fingerprint density at radius 3 is 2.73 bits per heavy atom. The van der Waals surface area contributed by atoms with Crippen molar-refractivity contribution in [2.24, 2.45) is 0 Å². The molecule has 0 aliphatic heterocycles. The number of carbonyl (C=O) groups excluding carboxylic acids is 2. The second-order valence-corrected chi connectivity index (χ2v) is 3.55. The Bertz CT molecular complexity index is 366. The van der Waals surface area contributed by atoms with Gasteiger partial charge in [0.1, 0.15) is 0 Å². The highest BCUT2D eigenvalue weighted by molar-refractivity contribution is 5.93. The number of rotatable bonds is 4. The van der Waals surface area contributed by atoms with Crippen LogP contribution in [0.3, 0.4) is 0 Å². The van der Waals surface area contributed by atoms with E-state index in [1.807, 2.05) is 13.8 Å². The summed E-state index contributed by atoms with van der Waals surface area (Å²) in [7, 11) is 0. The predicted octanol–water partition coefficient (Wildman–Crippen LogP) is 2.13. The van der Waals surface area contributed by atoms with Gasteiger partial charge in [0, 0.05) is 5.69 Å². The van der Waals surface area contributed by atoms with Gasteiger partial charge in [0.25, 0.3) is 0 Å². The molecule has 4 heteroatoms. The third kappa shape index (κ3) is 2.46. The lowest BCUT2D eigenvalue weighted by atomic mass is 10.1. The van der Waals surface area contributed by atoms with E-state index >= 15 is 0 Å². The molecule has 0 unspecified atom stereocenters. The number of nitrogens with one attached hydrogen (secondary N) is 1. The summed E-state index contributed by atoms with van der Waals surface area (Å²) in [6.45, 7) is 5.98. The van der Waals surface area contributed by atoms with Crippen molar-refractivity contribution in [3.05, 3.63) is 23.0 Å². The Morgan fingerprint density at radius 1 is 1.60 bits per heavy atom. The van der Waals surface area contributed by atoms with Gasteiger partial charge in [-0.3, -0.25) is 4.79 Å². The van der Waals surface area contributed by atoms with Gasteiger partial charge in [-0.25, -0.2) is 4.79 Å². The molecule has 0 fully saturated rings. The molecule has 4 nitrogen and oxygen atoms in total. The second-order valence-electron chi connectivity index (χ2n) is 3.55. The standard InChI is InChI=1S/C11H15NO3/c1-4-15-11(14)9-5-8(6-13)12-10(9)7(2)3/h5-7,12H,4H2,1-3H3. The Hall–Kier alpha value is -1.58. The fourth-order valence-corrected chi connectivity index (χ4v) is 1.39. The highest BCUT2D eigenvalue weighted by atomic mass is 16.5. The first-order chi connectivity index (χ1) is 7.10. The van der Waals surface area contributed by atoms with Gasteiger partial charge in [-0.2, -0.15) is 0 Å².